The van der Waals surface area contributed by atoms with Gasteiger partial charge in [0.2, 0.25) is 0 Å². The van der Waals surface area contributed by atoms with Gasteiger partial charge in [0, 0.05) is 61.1 Å². The largest absolute Gasteiger partial charge is 0.389 e. The smallest absolute Gasteiger partial charge is 0.257 e. The van der Waals surface area contributed by atoms with Crippen molar-refractivity contribution in [1.82, 2.24) is 20.4 Å². The lowest BCUT2D eigenvalue weighted by molar-refractivity contribution is -0.179. The fraction of sp³-hybridized carbons (Fsp3) is 0.963. The molecule has 0 aromatic carbocycles. The maximum Gasteiger partial charge on any atom is 0.257 e. The molecule has 4 aliphatic heterocycles. The predicted molar refractivity (Wildman–Crippen MR) is 262 cm³/mol. The molecule has 0 aromatic rings. The number of piperidine rings is 2. The molecule has 0 aromatic heterocycles. The predicted octanol–water partition coefficient (Wildman–Crippen LogP) is 9.60. The molecule has 0 bridgehead atoms. The Morgan fingerprint density at radius 2 is 0.727 bits per heavy atom. The van der Waals surface area contributed by atoms with Gasteiger partial charge in [-0.15, -0.1) is 0 Å². The zero-order valence-corrected chi connectivity index (χ0v) is 43.4. The summed E-state index contributed by atoms with van der Waals surface area (Å²) in [7, 11) is 0. The molecular weight excluding hydrogens is 833 g/mol. The molecule has 382 valence electrons. The molecule has 2 saturated carbocycles. The molecule has 66 heavy (non-hydrogen) atoms. The number of aliphatic hydroxyl groups is 2. The maximum atomic E-state index is 14.8. The first kappa shape index (κ1) is 54.0. The molecule has 2 amide bonds. The fourth-order valence-corrected chi connectivity index (χ4v) is 14.2. The Balaban J connectivity index is 1.00. The summed E-state index contributed by atoms with van der Waals surface area (Å²) in [6.07, 6.45) is 26.6. The molecule has 12 heteroatoms. The van der Waals surface area contributed by atoms with E-state index in [0.717, 1.165) is 89.9 Å². The van der Waals surface area contributed by atoms with Crippen LogP contribution in [-0.4, -0.2) is 128 Å². The molecule has 0 radical (unpaired) electrons. The van der Waals surface area contributed by atoms with Crippen molar-refractivity contribution in [2.45, 2.75) is 292 Å². The Labute approximate surface area is 401 Å². The molecule has 4 N–H and O–H groups in total. The highest BCUT2D eigenvalue weighted by molar-refractivity contribution is 5.89. The van der Waals surface area contributed by atoms with Crippen molar-refractivity contribution >= 4 is 11.8 Å². The van der Waals surface area contributed by atoms with Gasteiger partial charge in [0.15, 0.2) is 11.2 Å². The first-order chi connectivity index (χ1) is 31.2. The van der Waals surface area contributed by atoms with Gasteiger partial charge >= 0.3 is 0 Å². The lowest BCUT2D eigenvalue weighted by Gasteiger charge is -2.50. The topological polar surface area (TPSA) is 142 Å². The number of nitrogens with one attached hydrogen (secondary N) is 2. The van der Waals surface area contributed by atoms with Gasteiger partial charge in [-0.05, 0) is 120 Å². The third-order valence-electron chi connectivity index (χ3n) is 15.8. The van der Waals surface area contributed by atoms with Crippen molar-refractivity contribution in [1.29, 1.82) is 0 Å². The molecule has 6 rings (SSSR count). The molecular formula is C54H98N4O8. The number of hydrogen-bond donors (Lipinski definition) is 4. The van der Waals surface area contributed by atoms with Crippen molar-refractivity contribution in [2.75, 3.05) is 39.5 Å². The zero-order chi connectivity index (χ0) is 47.7. The molecule has 2 aliphatic carbocycles. The average Bonchev–Trinajstić information content (AvgIpc) is 3.51. The minimum Gasteiger partial charge on any atom is -0.389 e. The lowest BCUT2D eigenvalue weighted by atomic mass is 9.72. The summed E-state index contributed by atoms with van der Waals surface area (Å²) in [5.41, 5.74) is -4.35. The highest BCUT2D eigenvalue weighted by Crippen LogP contribution is 2.53. The highest BCUT2D eigenvalue weighted by Gasteiger charge is 2.66. The Bertz CT molecular complexity index is 1380. The zero-order valence-electron chi connectivity index (χ0n) is 43.4. The Hall–Kier alpha value is -1.38. The summed E-state index contributed by atoms with van der Waals surface area (Å²) in [5.74, 6) is 0.0693. The maximum absolute atomic E-state index is 14.8. The summed E-state index contributed by atoms with van der Waals surface area (Å²) in [6.45, 7) is 19.0. The van der Waals surface area contributed by atoms with Gasteiger partial charge in [0.25, 0.3) is 11.8 Å². The monoisotopic (exact) mass is 931 g/mol. The van der Waals surface area contributed by atoms with Gasteiger partial charge in [-0.3, -0.25) is 9.59 Å². The second-order valence-electron chi connectivity index (χ2n) is 24.9. The van der Waals surface area contributed by atoms with Crippen LogP contribution < -0.4 is 10.6 Å². The fourth-order valence-electron chi connectivity index (χ4n) is 14.2. The third kappa shape index (κ3) is 14.2. The number of rotatable bonds is 13. The quantitative estimate of drug-likeness (QED) is 0.132. The number of carbonyl (C=O) groups is 2. The first-order valence-corrected chi connectivity index (χ1v) is 27.3. The molecule has 12 nitrogen and oxygen atoms in total. The number of nitrogens with zero attached hydrogens (tertiary/aromatic N) is 2. The molecule has 4 spiro atoms. The van der Waals surface area contributed by atoms with Crippen molar-refractivity contribution in [2.24, 2.45) is 0 Å². The Kier molecular flexibility index (Phi) is 18.6. The van der Waals surface area contributed by atoms with E-state index < -0.39 is 34.9 Å². The van der Waals surface area contributed by atoms with E-state index in [-0.39, 0.29) is 60.3 Å². The highest BCUT2D eigenvalue weighted by atomic mass is 16.6. The van der Waals surface area contributed by atoms with Crippen LogP contribution in [0, 0.1) is 0 Å². The summed E-state index contributed by atoms with van der Waals surface area (Å²) in [4.78, 5) is 33.5. The van der Waals surface area contributed by atoms with Crippen molar-refractivity contribution in [3.05, 3.63) is 0 Å². The number of hydrogen-bond acceptors (Lipinski definition) is 10. The standard InChI is InChI=1S/C54H98N4O8/c1-47(2)39-51(40-48(3,4)55-47)45(61)57(53(65-51)29-23-19-15-11-9-12-16-20-24-30-53)35-43(59)37-63-33-27-28-34-64-38-44(60)36-58-46(62)52(41-49(5,6)56-50(7,8)42-52)66-54(58)31-25-21-17-13-10-14-18-22-26-32-54/h43-44,55-56,59-60H,9-42H2,1-8H3/t43-,44-/m1/s1. The minimum absolute atomic E-state index is 0.0347. The molecule has 4 heterocycles. The number of carbonyl (C=O) groups excluding carboxylic acids is 2. The van der Waals surface area contributed by atoms with Crippen LogP contribution in [0.5, 0.6) is 0 Å². The van der Waals surface area contributed by atoms with E-state index in [0.29, 0.717) is 38.9 Å². The van der Waals surface area contributed by atoms with E-state index >= 15 is 0 Å². The van der Waals surface area contributed by atoms with Gasteiger partial charge in [-0.2, -0.15) is 0 Å². The summed E-state index contributed by atoms with van der Waals surface area (Å²) >= 11 is 0. The molecule has 0 unspecified atom stereocenters. The van der Waals surface area contributed by atoms with Crippen LogP contribution in [0.4, 0.5) is 0 Å². The van der Waals surface area contributed by atoms with Crippen LogP contribution in [0.2, 0.25) is 0 Å². The van der Waals surface area contributed by atoms with E-state index in [2.05, 4.69) is 66.0 Å². The van der Waals surface area contributed by atoms with Gasteiger partial charge < -0.3 is 49.6 Å². The normalized spacial score (nSPS) is 28.7. The molecule has 4 saturated heterocycles. The van der Waals surface area contributed by atoms with Crippen LogP contribution in [-0.2, 0) is 28.5 Å². The van der Waals surface area contributed by atoms with Gasteiger partial charge in [0.05, 0.1) is 38.5 Å². The van der Waals surface area contributed by atoms with Crippen LogP contribution in [0.25, 0.3) is 0 Å². The van der Waals surface area contributed by atoms with Crippen molar-refractivity contribution in [3.8, 4) is 0 Å². The van der Waals surface area contributed by atoms with Crippen molar-refractivity contribution < 1.29 is 38.7 Å². The van der Waals surface area contributed by atoms with Crippen LogP contribution in [0.15, 0.2) is 0 Å². The second-order valence-corrected chi connectivity index (χ2v) is 24.9. The molecule has 6 aliphatic rings. The number of unbranched alkanes of at least 4 members (excludes halogenated alkanes) is 1. The number of amides is 2. The van der Waals surface area contributed by atoms with E-state index in [4.69, 9.17) is 18.9 Å². The third-order valence-corrected chi connectivity index (χ3v) is 15.8. The SMILES string of the molecule is CC1(C)CC2(CC(C)(C)N1)OC1(CCCCCCCCCCC1)N(C[C@@H](O)COCCCCOC[C@H](O)CN1C(=O)C3(CC(C)(C)NC(C)(C)C3)OC13CCCCCCCCCCC3)C2=O. The van der Waals surface area contributed by atoms with Gasteiger partial charge in [-0.1, -0.05) is 89.9 Å². The summed E-state index contributed by atoms with van der Waals surface area (Å²) < 4.78 is 26.7. The van der Waals surface area contributed by atoms with Crippen LogP contribution >= 0.6 is 0 Å². The molecule has 2 atom stereocenters. The van der Waals surface area contributed by atoms with Gasteiger partial charge in [-0.25, -0.2) is 0 Å². The number of ether oxygens (including phenoxy) is 4. The average molecular weight is 931 g/mol. The van der Waals surface area contributed by atoms with E-state index in [9.17, 15) is 19.8 Å². The lowest BCUT2D eigenvalue weighted by Crippen LogP contribution is -2.65. The Morgan fingerprint density at radius 3 is 1.00 bits per heavy atom. The number of β-amino-alcohol motifs (C(OH)–C–C–N with tert-alkyl or cyclic N) is 2. The Morgan fingerprint density at radius 1 is 0.470 bits per heavy atom. The van der Waals surface area contributed by atoms with E-state index in [1.807, 2.05) is 9.80 Å². The summed E-state index contributed by atoms with van der Waals surface area (Å²) in [5, 5.41) is 30.5. The van der Waals surface area contributed by atoms with Crippen molar-refractivity contribution in [3.63, 3.8) is 0 Å². The summed E-state index contributed by atoms with van der Waals surface area (Å²) in [6, 6.07) is 0. The first-order valence-electron chi connectivity index (χ1n) is 27.3. The van der Waals surface area contributed by atoms with E-state index in [1.165, 1.54) is 64.2 Å². The molecule has 6 fully saturated rings. The van der Waals surface area contributed by atoms with Crippen LogP contribution in [0.3, 0.4) is 0 Å². The van der Waals surface area contributed by atoms with Gasteiger partial charge in [0.1, 0.15) is 11.4 Å². The second kappa shape index (κ2) is 22.8. The minimum atomic E-state index is -0.918. The number of aliphatic hydroxyl groups excluding tert-OH is 2. The van der Waals surface area contributed by atoms with Crippen LogP contribution in [0.1, 0.15) is 235 Å². The van der Waals surface area contributed by atoms with E-state index in [1.54, 1.807) is 0 Å².